The molecule has 3 aromatic rings. The minimum absolute atomic E-state index is 0.0858. The summed E-state index contributed by atoms with van der Waals surface area (Å²) in [6.07, 6.45) is 1.19. The van der Waals surface area contributed by atoms with Crippen molar-refractivity contribution in [2.75, 3.05) is 31.1 Å². The summed E-state index contributed by atoms with van der Waals surface area (Å²) in [5.74, 6) is 0.563. The van der Waals surface area contributed by atoms with Gasteiger partial charge in [0, 0.05) is 19.6 Å². The molecule has 11 heteroatoms. The number of halogens is 2. The highest BCUT2D eigenvalue weighted by Crippen LogP contribution is 2.25. The van der Waals surface area contributed by atoms with Crippen LogP contribution in [-0.2, 0) is 11.3 Å². The number of fused-ring (bicyclic) bond motifs is 1. The molecule has 0 unspecified atom stereocenters. The Bertz CT molecular complexity index is 1100. The number of hydrogen-bond donors (Lipinski definition) is 0. The van der Waals surface area contributed by atoms with Gasteiger partial charge >= 0.3 is 6.09 Å². The second kappa shape index (κ2) is 8.85. The van der Waals surface area contributed by atoms with E-state index in [4.69, 9.17) is 22.9 Å². The molecule has 154 valence electrons. The molecule has 4 rings (SSSR count). The van der Waals surface area contributed by atoms with Crippen molar-refractivity contribution in [2.45, 2.75) is 12.6 Å². The molecule has 1 aliphatic rings. The van der Waals surface area contributed by atoms with Crippen LogP contribution in [0.4, 0.5) is 10.6 Å². The van der Waals surface area contributed by atoms with Crippen molar-refractivity contribution in [2.24, 2.45) is 0 Å². The average molecular weight is 491 g/mol. The zero-order valence-corrected chi connectivity index (χ0v) is 18.1. The van der Waals surface area contributed by atoms with E-state index in [2.05, 4.69) is 35.8 Å². The normalized spacial score (nSPS) is 16.5. The van der Waals surface area contributed by atoms with Gasteiger partial charge in [-0.05, 0) is 33.1 Å². The lowest BCUT2D eigenvalue weighted by Gasteiger charge is -2.39. The summed E-state index contributed by atoms with van der Waals surface area (Å²) in [4.78, 5) is 28.5. The van der Waals surface area contributed by atoms with Crippen molar-refractivity contribution in [3.63, 3.8) is 0 Å². The van der Waals surface area contributed by atoms with Crippen molar-refractivity contribution in [1.29, 1.82) is 0 Å². The van der Waals surface area contributed by atoms with Gasteiger partial charge in [-0.15, -0.1) is 5.10 Å². The molecule has 1 atom stereocenters. The molecule has 30 heavy (non-hydrogen) atoms. The van der Waals surface area contributed by atoms with Gasteiger partial charge in [-0.1, -0.05) is 30.3 Å². The fourth-order valence-electron chi connectivity index (χ4n) is 3.38. The Morgan fingerprint density at radius 1 is 1.33 bits per heavy atom. The van der Waals surface area contributed by atoms with E-state index >= 15 is 0 Å². The zero-order chi connectivity index (χ0) is 21.1. The monoisotopic (exact) mass is 489 g/mol. The molecule has 9 nitrogen and oxygen atoms in total. The lowest BCUT2D eigenvalue weighted by Crippen LogP contribution is -2.56. The van der Waals surface area contributed by atoms with Gasteiger partial charge in [-0.3, -0.25) is 4.90 Å². The lowest BCUT2D eigenvalue weighted by atomic mass is 10.1. The van der Waals surface area contributed by atoms with E-state index in [0.29, 0.717) is 35.7 Å². The van der Waals surface area contributed by atoms with Gasteiger partial charge in [0.2, 0.25) is 11.8 Å². The summed E-state index contributed by atoms with van der Waals surface area (Å²) < 4.78 is 7.69. The molecule has 0 aliphatic carbocycles. The van der Waals surface area contributed by atoms with Crippen LogP contribution in [0.3, 0.4) is 0 Å². The van der Waals surface area contributed by atoms with E-state index in [1.165, 1.54) is 0 Å². The molecule has 0 spiro atoms. The van der Waals surface area contributed by atoms with Gasteiger partial charge in [0.25, 0.3) is 0 Å². The van der Waals surface area contributed by atoms with Gasteiger partial charge in [0.1, 0.15) is 17.3 Å². The second-order valence-electron chi connectivity index (χ2n) is 6.69. The van der Waals surface area contributed by atoms with Crippen molar-refractivity contribution < 1.29 is 9.53 Å². The van der Waals surface area contributed by atoms with Crippen LogP contribution in [0, 0.1) is 6.57 Å². The highest BCUT2D eigenvalue weighted by molar-refractivity contribution is 9.10. The predicted octanol–water partition coefficient (Wildman–Crippen LogP) is 3.29. The predicted molar refractivity (Wildman–Crippen MR) is 114 cm³/mol. The van der Waals surface area contributed by atoms with Crippen LogP contribution in [0.5, 0.6) is 0 Å². The number of anilines is 1. The van der Waals surface area contributed by atoms with Gasteiger partial charge in [-0.2, -0.15) is 4.98 Å². The highest BCUT2D eigenvalue weighted by Gasteiger charge is 2.35. The molecule has 1 saturated heterocycles. The van der Waals surface area contributed by atoms with E-state index in [9.17, 15) is 4.79 Å². The Hall–Kier alpha value is -2.90. The lowest BCUT2D eigenvalue weighted by molar-refractivity contribution is 0.0789. The minimum atomic E-state index is -0.429. The molecule has 1 amide bonds. The van der Waals surface area contributed by atoms with E-state index in [1.807, 2.05) is 35.2 Å². The third kappa shape index (κ3) is 4.17. The molecule has 0 radical (unpaired) electrons. The molecule has 0 saturated carbocycles. The number of carbonyl (C=O) groups excluding carboxylic acids is 1. The number of hydrogen-bond acceptors (Lipinski definition) is 6. The number of imidazole rings is 1. The molecule has 1 aromatic carbocycles. The van der Waals surface area contributed by atoms with Crippen molar-refractivity contribution >= 4 is 45.1 Å². The topological polar surface area (TPSA) is 80.2 Å². The fraction of sp³-hybridized carbons (Fsp3) is 0.316. The number of carbonyl (C=O) groups is 1. The third-order valence-electron chi connectivity index (χ3n) is 4.80. The summed E-state index contributed by atoms with van der Waals surface area (Å²) in [7, 11) is 0. The largest absolute Gasteiger partial charge is 0.445 e. The van der Waals surface area contributed by atoms with Crippen molar-refractivity contribution in [3.05, 3.63) is 63.4 Å². The highest BCUT2D eigenvalue weighted by atomic mass is 79.9. The Balaban J connectivity index is 1.51. The van der Waals surface area contributed by atoms with Crippen LogP contribution >= 0.6 is 27.5 Å². The summed E-state index contributed by atoms with van der Waals surface area (Å²) in [5, 5.41) is 4.23. The number of rotatable bonds is 4. The number of amides is 1. The van der Waals surface area contributed by atoms with Crippen LogP contribution in [0.1, 0.15) is 5.56 Å². The second-order valence-corrected chi connectivity index (χ2v) is 7.85. The van der Waals surface area contributed by atoms with Crippen LogP contribution in [0.15, 0.2) is 41.1 Å². The summed E-state index contributed by atoms with van der Waals surface area (Å²) in [5.41, 5.74) is 1.46. The quantitative estimate of drug-likeness (QED) is 0.522. The molecule has 2 aromatic heterocycles. The Labute approximate surface area is 186 Å². The SMILES string of the molecule is [C-]#[N+]C[C@H]1CN(c2nc(Cl)nn3c(Br)cnc23)CCN1C(=O)OCc1ccccc1. The Kier molecular flexibility index (Phi) is 6.01. The zero-order valence-electron chi connectivity index (χ0n) is 15.8. The fourth-order valence-corrected chi connectivity index (χ4v) is 3.88. The van der Waals surface area contributed by atoms with Gasteiger partial charge in [0.15, 0.2) is 11.5 Å². The van der Waals surface area contributed by atoms with E-state index in [1.54, 1.807) is 15.6 Å². The van der Waals surface area contributed by atoms with Crippen LogP contribution < -0.4 is 4.90 Å². The molecule has 1 aliphatic heterocycles. The molecule has 0 N–H and O–H groups in total. The molecule has 1 fully saturated rings. The standard InChI is InChI=1S/C19H17BrClN7O2/c1-22-9-14-11-26(17-16-23-10-15(20)28(16)25-18(21)24-17)7-8-27(14)19(29)30-12-13-5-3-2-4-6-13/h2-6,10,14H,7-9,11-12H2/t14-/m0/s1. The number of piperazine rings is 1. The first-order valence-corrected chi connectivity index (χ1v) is 10.4. The molecule has 0 bridgehead atoms. The number of ether oxygens (including phenoxy) is 1. The van der Waals surface area contributed by atoms with Crippen molar-refractivity contribution in [1.82, 2.24) is 24.5 Å². The average Bonchev–Trinajstić information content (AvgIpc) is 3.13. The maximum atomic E-state index is 12.7. The molecular formula is C19H17BrClN7O2. The first-order valence-electron chi connectivity index (χ1n) is 9.19. The van der Waals surface area contributed by atoms with E-state index in [-0.39, 0.29) is 24.5 Å². The first-order chi connectivity index (χ1) is 14.6. The smallest absolute Gasteiger partial charge is 0.410 e. The van der Waals surface area contributed by atoms with Gasteiger partial charge in [0.05, 0.1) is 6.20 Å². The molecular weight excluding hydrogens is 474 g/mol. The summed E-state index contributed by atoms with van der Waals surface area (Å²) in [6, 6.07) is 9.15. The summed E-state index contributed by atoms with van der Waals surface area (Å²) in [6.45, 7) is 8.96. The summed E-state index contributed by atoms with van der Waals surface area (Å²) >= 11 is 9.48. The first kappa shape index (κ1) is 20.4. The third-order valence-corrected chi connectivity index (χ3v) is 5.50. The van der Waals surface area contributed by atoms with Crippen LogP contribution in [0.2, 0.25) is 5.28 Å². The molecule has 3 heterocycles. The minimum Gasteiger partial charge on any atom is -0.445 e. The number of nitrogens with zero attached hydrogens (tertiary/aromatic N) is 7. The maximum Gasteiger partial charge on any atom is 0.410 e. The number of benzene rings is 1. The Morgan fingerprint density at radius 2 is 2.13 bits per heavy atom. The maximum absolute atomic E-state index is 12.7. The van der Waals surface area contributed by atoms with Gasteiger partial charge in [-0.25, -0.2) is 20.9 Å². The van der Waals surface area contributed by atoms with E-state index < -0.39 is 6.09 Å². The Morgan fingerprint density at radius 3 is 2.90 bits per heavy atom. The van der Waals surface area contributed by atoms with Gasteiger partial charge < -0.3 is 14.5 Å². The number of aromatic nitrogens is 4. The van der Waals surface area contributed by atoms with Crippen LogP contribution in [-0.4, -0.2) is 62.8 Å². The van der Waals surface area contributed by atoms with Crippen LogP contribution in [0.25, 0.3) is 10.5 Å². The van der Waals surface area contributed by atoms with E-state index in [0.717, 1.165) is 5.56 Å². The van der Waals surface area contributed by atoms with Crippen molar-refractivity contribution in [3.8, 4) is 0 Å².